The van der Waals surface area contributed by atoms with E-state index in [0.717, 1.165) is 45.3 Å². The molecule has 0 saturated carbocycles. The van der Waals surface area contributed by atoms with Crippen molar-refractivity contribution in [2.75, 3.05) is 26.2 Å². The lowest BCUT2D eigenvalue weighted by Gasteiger charge is -2.39. The lowest BCUT2D eigenvalue weighted by atomic mass is 9.77. The van der Waals surface area contributed by atoms with Crippen molar-refractivity contribution in [3.05, 3.63) is 0 Å². The highest BCUT2D eigenvalue weighted by Gasteiger charge is 2.37. The van der Waals surface area contributed by atoms with Crippen molar-refractivity contribution in [3.8, 4) is 0 Å². The van der Waals surface area contributed by atoms with Gasteiger partial charge in [-0.3, -0.25) is 14.5 Å². The van der Waals surface area contributed by atoms with Crippen molar-refractivity contribution in [1.29, 1.82) is 0 Å². The van der Waals surface area contributed by atoms with E-state index in [4.69, 9.17) is 5.73 Å². The van der Waals surface area contributed by atoms with Crippen molar-refractivity contribution >= 4 is 11.8 Å². The van der Waals surface area contributed by atoms with E-state index in [2.05, 4.69) is 24.5 Å². The summed E-state index contributed by atoms with van der Waals surface area (Å²) in [4.78, 5) is 25.4. The quantitative estimate of drug-likeness (QED) is 0.672. The zero-order valence-corrected chi connectivity index (χ0v) is 13.2. The average Bonchev–Trinajstić information content (AvgIpc) is 2.39. The molecule has 2 rings (SSSR count). The van der Waals surface area contributed by atoms with E-state index in [1.54, 1.807) is 0 Å². The largest absolute Gasteiger partial charge is 0.369 e. The summed E-state index contributed by atoms with van der Waals surface area (Å²) in [5.74, 6) is -0.168. The molecule has 6 heteroatoms. The first kappa shape index (κ1) is 16.2. The molecule has 6 nitrogen and oxygen atoms in total. The normalized spacial score (nSPS) is 27.2. The van der Waals surface area contributed by atoms with Crippen LogP contribution in [0.5, 0.6) is 0 Å². The standard InChI is InChI=1S/C15H28N4O2/c1-15(2)6-3-7-17-13(15)14(21)18-11-4-8-19(9-5-11)10-12(16)20/h11,13,17H,3-10H2,1-2H3,(H2,16,20)(H,18,21). The first-order valence-corrected chi connectivity index (χ1v) is 7.93. The van der Waals surface area contributed by atoms with E-state index >= 15 is 0 Å². The molecular formula is C15H28N4O2. The Balaban J connectivity index is 1.80. The molecule has 2 heterocycles. The van der Waals surface area contributed by atoms with Crippen molar-refractivity contribution < 1.29 is 9.59 Å². The smallest absolute Gasteiger partial charge is 0.237 e. The molecule has 1 atom stereocenters. The van der Waals surface area contributed by atoms with Crippen LogP contribution < -0.4 is 16.4 Å². The van der Waals surface area contributed by atoms with Crippen LogP contribution in [0.3, 0.4) is 0 Å². The van der Waals surface area contributed by atoms with Crippen molar-refractivity contribution in [3.63, 3.8) is 0 Å². The molecule has 4 N–H and O–H groups in total. The van der Waals surface area contributed by atoms with Crippen molar-refractivity contribution in [1.82, 2.24) is 15.5 Å². The van der Waals surface area contributed by atoms with Gasteiger partial charge in [-0.1, -0.05) is 13.8 Å². The monoisotopic (exact) mass is 296 g/mol. The minimum Gasteiger partial charge on any atom is -0.369 e. The molecule has 1 unspecified atom stereocenters. The third-order valence-corrected chi connectivity index (χ3v) is 4.70. The molecular weight excluding hydrogens is 268 g/mol. The highest BCUT2D eigenvalue weighted by Crippen LogP contribution is 2.30. The van der Waals surface area contributed by atoms with Gasteiger partial charge in [-0.15, -0.1) is 0 Å². The highest BCUT2D eigenvalue weighted by molar-refractivity contribution is 5.83. The van der Waals surface area contributed by atoms with E-state index in [1.807, 2.05) is 4.90 Å². The molecule has 2 saturated heterocycles. The number of amides is 2. The number of nitrogens with two attached hydrogens (primary N) is 1. The van der Waals surface area contributed by atoms with Gasteiger partial charge in [0, 0.05) is 19.1 Å². The molecule has 0 aromatic carbocycles. The van der Waals surface area contributed by atoms with Crippen LogP contribution in [0.1, 0.15) is 39.5 Å². The van der Waals surface area contributed by atoms with Gasteiger partial charge in [0.15, 0.2) is 0 Å². The Morgan fingerprint density at radius 3 is 2.57 bits per heavy atom. The maximum atomic E-state index is 12.5. The molecule has 0 aliphatic carbocycles. The van der Waals surface area contributed by atoms with Crippen LogP contribution in [0.15, 0.2) is 0 Å². The average molecular weight is 296 g/mol. The Kier molecular flexibility index (Phi) is 5.22. The molecule has 0 aromatic heterocycles. The fourth-order valence-corrected chi connectivity index (χ4v) is 3.40. The number of carbonyl (C=O) groups excluding carboxylic acids is 2. The number of primary amides is 1. The van der Waals surface area contributed by atoms with Gasteiger partial charge in [-0.2, -0.15) is 0 Å². The Bertz CT molecular complexity index is 389. The van der Waals surface area contributed by atoms with Crippen LogP contribution in [-0.2, 0) is 9.59 Å². The summed E-state index contributed by atoms with van der Waals surface area (Å²) in [5.41, 5.74) is 5.22. The SMILES string of the molecule is CC1(C)CCCNC1C(=O)NC1CCN(CC(N)=O)CC1. The van der Waals surface area contributed by atoms with Gasteiger partial charge < -0.3 is 16.4 Å². The lowest BCUT2D eigenvalue weighted by Crippen LogP contribution is -2.58. The second-order valence-corrected chi connectivity index (χ2v) is 7.00. The maximum Gasteiger partial charge on any atom is 0.237 e. The summed E-state index contributed by atoms with van der Waals surface area (Å²) in [7, 11) is 0. The molecule has 0 aromatic rings. The Morgan fingerprint density at radius 2 is 2.00 bits per heavy atom. The van der Waals surface area contributed by atoms with E-state index in [9.17, 15) is 9.59 Å². The predicted octanol–water partition coefficient (Wildman–Crippen LogP) is -0.169. The zero-order chi connectivity index (χ0) is 15.5. The van der Waals surface area contributed by atoms with Crippen LogP contribution in [0.4, 0.5) is 0 Å². The van der Waals surface area contributed by atoms with Crippen LogP contribution >= 0.6 is 0 Å². The number of nitrogens with zero attached hydrogens (tertiary/aromatic N) is 1. The predicted molar refractivity (Wildman–Crippen MR) is 81.6 cm³/mol. The second kappa shape index (κ2) is 6.75. The Hall–Kier alpha value is -1.14. The van der Waals surface area contributed by atoms with Crippen molar-refractivity contribution in [2.24, 2.45) is 11.1 Å². The third-order valence-electron chi connectivity index (χ3n) is 4.70. The van der Waals surface area contributed by atoms with Gasteiger partial charge in [0.05, 0.1) is 12.6 Å². The van der Waals surface area contributed by atoms with Crippen LogP contribution in [0, 0.1) is 5.41 Å². The van der Waals surface area contributed by atoms with Crippen LogP contribution in [-0.4, -0.2) is 55.0 Å². The summed E-state index contributed by atoms with van der Waals surface area (Å²) in [6.45, 7) is 7.17. The zero-order valence-electron chi connectivity index (χ0n) is 13.2. The molecule has 2 aliphatic rings. The second-order valence-electron chi connectivity index (χ2n) is 7.00. The summed E-state index contributed by atoms with van der Waals surface area (Å²) in [5, 5.41) is 6.52. The first-order valence-electron chi connectivity index (χ1n) is 7.93. The first-order chi connectivity index (χ1) is 9.88. The summed E-state index contributed by atoms with van der Waals surface area (Å²) in [6.07, 6.45) is 3.97. The van der Waals surface area contributed by atoms with E-state index in [0.29, 0.717) is 6.54 Å². The third kappa shape index (κ3) is 4.41. The lowest BCUT2D eigenvalue weighted by molar-refractivity contribution is -0.128. The molecule has 0 spiro atoms. The summed E-state index contributed by atoms with van der Waals surface area (Å²) >= 11 is 0. The van der Waals surface area contributed by atoms with Gasteiger partial charge in [0.1, 0.15) is 0 Å². The van der Waals surface area contributed by atoms with Gasteiger partial charge in [0.2, 0.25) is 11.8 Å². The number of hydrogen-bond donors (Lipinski definition) is 3. The Labute approximate surface area is 126 Å². The van der Waals surface area contributed by atoms with Gasteiger partial charge >= 0.3 is 0 Å². The number of piperidine rings is 2. The van der Waals surface area contributed by atoms with Crippen LogP contribution in [0.25, 0.3) is 0 Å². The summed E-state index contributed by atoms with van der Waals surface area (Å²) < 4.78 is 0. The Morgan fingerprint density at radius 1 is 1.33 bits per heavy atom. The van der Waals surface area contributed by atoms with E-state index < -0.39 is 0 Å². The van der Waals surface area contributed by atoms with Crippen LogP contribution in [0.2, 0.25) is 0 Å². The molecule has 2 aliphatic heterocycles. The van der Waals surface area contributed by atoms with E-state index in [1.165, 1.54) is 0 Å². The van der Waals surface area contributed by atoms with Gasteiger partial charge in [0.25, 0.3) is 0 Å². The van der Waals surface area contributed by atoms with Gasteiger partial charge in [-0.25, -0.2) is 0 Å². The number of likely N-dealkylation sites (tertiary alicyclic amines) is 1. The number of carbonyl (C=O) groups is 2. The molecule has 2 amide bonds. The molecule has 0 bridgehead atoms. The number of hydrogen-bond acceptors (Lipinski definition) is 4. The minimum atomic E-state index is -0.286. The molecule has 21 heavy (non-hydrogen) atoms. The number of rotatable bonds is 4. The number of nitrogens with one attached hydrogen (secondary N) is 2. The molecule has 0 radical (unpaired) electrons. The fourth-order valence-electron chi connectivity index (χ4n) is 3.40. The minimum absolute atomic E-state index is 0.00893. The summed E-state index contributed by atoms with van der Waals surface area (Å²) in [6, 6.07) is 0.107. The highest BCUT2D eigenvalue weighted by atomic mass is 16.2. The van der Waals surface area contributed by atoms with Crippen molar-refractivity contribution in [2.45, 2.75) is 51.6 Å². The molecule has 120 valence electrons. The van der Waals surface area contributed by atoms with E-state index in [-0.39, 0.29) is 29.3 Å². The molecule has 2 fully saturated rings. The topological polar surface area (TPSA) is 87.5 Å². The fraction of sp³-hybridized carbons (Fsp3) is 0.867. The van der Waals surface area contributed by atoms with Gasteiger partial charge in [-0.05, 0) is 37.6 Å². The maximum absolute atomic E-state index is 12.5.